The van der Waals surface area contributed by atoms with Crippen molar-refractivity contribution in [3.05, 3.63) is 11.6 Å². The predicted octanol–water partition coefficient (Wildman–Crippen LogP) is 4.09. The van der Waals surface area contributed by atoms with Crippen molar-refractivity contribution < 1.29 is 0 Å². The molecule has 0 heterocycles. The monoisotopic (exact) mass is 197 g/mol. The van der Waals surface area contributed by atoms with Gasteiger partial charge in [0.15, 0.2) is 0 Å². The zero-order valence-corrected chi connectivity index (χ0v) is 10.9. The number of allylic oxidation sites excluding steroid dienone is 2. The van der Waals surface area contributed by atoms with Crippen LogP contribution in [0.25, 0.3) is 0 Å². The molecule has 13 heavy (non-hydrogen) atoms. The summed E-state index contributed by atoms with van der Waals surface area (Å²) in [7, 11) is -1.19. The molecule has 0 rings (SSSR count). The van der Waals surface area contributed by atoms with Crippen LogP contribution in [0.3, 0.4) is 0 Å². The second-order valence-electron chi connectivity index (χ2n) is 4.71. The molecule has 0 fully saturated rings. The Morgan fingerprint density at radius 3 is 2.08 bits per heavy atom. The van der Waals surface area contributed by atoms with Gasteiger partial charge in [0.05, 0.1) is 8.07 Å². The fourth-order valence-corrected chi connectivity index (χ4v) is 4.00. The first-order valence-electron chi connectivity index (χ1n) is 5.06. The van der Waals surface area contributed by atoms with Gasteiger partial charge in [0.25, 0.3) is 0 Å². The minimum atomic E-state index is -1.19. The van der Waals surface area contributed by atoms with Crippen LogP contribution in [0.4, 0.5) is 0 Å². The van der Waals surface area contributed by atoms with Crippen molar-refractivity contribution in [2.45, 2.75) is 52.4 Å². The van der Waals surface area contributed by atoms with Crippen molar-refractivity contribution in [1.82, 2.24) is 0 Å². The molecule has 0 amide bonds. The molecule has 1 unspecified atom stereocenters. The van der Waals surface area contributed by atoms with Gasteiger partial charge < -0.3 is 5.41 Å². The summed E-state index contributed by atoms with van der Waals surface area (Å²) < 4.78 is 0. The largest absolute Gasteiger partial charge is 0.305 e. The van der Waals surface area contributed by atoms with Crippen molar-refractivity contribution in [1.29, 1.82) is 5.41 Å². The fraction of sp³-hybridized carbons (Fsp3) is 0.727. The third kappa shape index (κ3) is 3.47. The molecule has 0 aromatic heterocycles. The van der Waals surface area contributed by atoms with E-state index in [4.69, 9.17) is 5.41 Å². The van der Waals surface area contributed by atoms with Crippen LogP contribution in [0, 0.1) is 5.41 Å². The van der Waals surface area contributed by atoms with E-state index < -0.39 is 8.07 Å². The summed E-state index contributed by atoms with van der Waals surface area (Å²) in [6.07, 6.45) is 3.16. The molecule has 0 aromatic rings. The topological polar surface area (TPSA) is 23.9 Å². The van der Waals surface area contributed by atoms with Gasteiger partial charge in [-0.15, -0.1) is 0 Å². The molecule has 0 aliphatic carbocycles. The Labute approximate surface area is 83.8 Å². The van der Waals surface area contributed by atoms with Crippen LogP contribution in [-0.4, -0.2) is 13.8 Å². The quantitative estimate of drug-likeness (QED) is 0.518. The number of nitrogens with one attached hydrogen (secondary N) is 1. The minimum absolute atomic E-state index is 0.517. The molecule has 0 aliphatic heterocycles. The van der Waals surface area contributed by atoms with Gasteiger partial charge in [-0.2, -0.15) is 0 Å². The molecule has 1 nitrogen and oxygen atoms in total. The highest BCUT2D eigenvalue weighted by Crippen LogP contribution is 2.28. The lowest BCUT2D eigenvalue weighted by molar-refractivity contribution is 0.940. The number of hydrogen-bond acceptors (Lipinski definition) is 1. The SMILES string of the molecule is CC=C(C)C(=N)C(CC)[Si](C)(C)C. The third-order valence-corrected chi connectivity index (χ3v) is 5.45. The van der Waals surface area contributed by atoms with Crippen LogP contribution < -0.4 is 0 Å². The first-order valence-corrected chi connectivity index (χ1v) is 8.64. The lowest BCUT2D eigenvalue weighted by Crippen LogP contribution is -2.33. The second kappa shape index (κ2) is 4.75. The highest BCUT2D eigenvalue weighted by molar-refractivity contribution is 6.81. The van der Waals surface area contributed by atoms with E-state index in [1.807, 2.05) is 19.9 Å². The fourth-order valence-electron chi connectivity index (χ4n) is 1.68. The third-order valence-electron chi connectivity index (χ3n) is 2.66. The Morgan fingerprint density at radius 1 is 1.38 bits per heavy atom. The Hall–Kier alpha value is -0.373. The Morgan fingerprint density at radius 2 is 1.85 bits per heavy atom. The van der Waals surface area contributed by atoms with Crippen LogP contribution in [0.15, 0.2) is 11.6 Å². The molecule has 76 valence electrons. The predicted molar refractivity (Wildman–Crippen MR) is 64.5 cm³/mol. The van der Waals surface area contributed by atoms with E-state index in [2.05, 4.69) is 26.6 Å². The first kappa shape index (κ1) is 12.6. The van der Waals surface area contributed by atoms with E-state index in [1.54, 1.807) is 0 Å². The summed E-state index contributed by atoms with van der Waals surface area (Å²) in [5.41, 5.74) is 2.53. The van der Waals surface area contributed by atoms with Crippen LogP contribution in [0.1, 0.15) is 27.2 Å². The number of hydrogen-bond donors (Lipinski definition) is 1. The van der Waals surface area contributed by atoms with Crippen LogP contribution in [0.2, 0.25) is 25.2 Å². The van der Waals surface area contributed by atoms with Crippen molar-refractivity contribution in [3.8, 4) is 0 Å². The number of rotatable bonds is 4. The van der Waals surface area contributed by atoms with E-state index >= 15 is 0 Å². The van der Waals surface area contributed by atoms with Gasteiger partial charge in [0, 0.05) is 5.71 Å². The van der Waals surface area contributed by atoms with E-state index in [0.29, 0.717) is 5.54 Å². The van der Waals surface area contributed by atoms with Crippen molar-refractivity contribution >= 4 is 13.8 Å². The smallest absolute Gasteiger partial charge is 0.0541 e. The van der Waals surface area contributed by atoms with E-state index in [1.165, 1.54) is 0 Å². The zero-order valence-electron chi connectivity index (χ0n) is 9.86. The van der Waals surface area contributed by atoms with Gasteiger partial charge in [0.1, 0.15) is 0 Å². The first-order chi connectivity index (χ1) is 5.84. The normalized spacial score (nSPS) is 15.7. The maximum absolute atomic E-state index is 8.07. The average Bonchev–Trinajstić information content (AvgIpc) is 2.01. The van der Waals surface area contributed by atoms with Gasteiger partial charge in [-0.25, -0.2) is 0 Å². The summed E-state index contributed by atoms with van der Waals surface area (Å²) >= 11 is 0. The van der Waals surface area contributed by atoms with Crippen molar-refractivity contribution in [3.63, 3.8) is 0 Å². The van der Waals surface area contributed by atoms with E-state index in [-0.39, 0.29) is 0 Å². The molecule has 2 heteroatoms. The molecular weight excluding hydrogens is 174 g/mol. The molecule has 0 saturated heterocycles. The molecule has 0 aromatic carbocycles. The Kier molecular flexibility index (Phi) is 4.61. The van der Waals surface area contributed by atoms with Gasteiger partial charge in [-0.3, -0.25) is 0 Å². The molecule has 0 radical (unpaired) electrons. The molecule has 1 atom stereocenters. The zero-order chi connectivity index (χ0) is 10.6. The van der Waals surface area contributed by atoms with Gasteiger partial charge in [-0.05, 0) is 25.0 Å². The summed E-state index contributed by atoms with van der Waals surface area (Å²) in [6, 6.07) is 0. The summed E-state index contributed by atoms with van der Waals surface area (Å²) in [5.74, 6) is 0. The maximum atomic E-state index is 8.07. The Balaban J connectivity index is 4.71. The highest BCUT2D eigenvalue weighted by Gasteiger charge is 2.28. The van der Waals surface area contributed by atoms with Crippen LogP contribution >= 0.6 is 0 Å². The molecule has 0 spiro atoms. The highest BCUT2D eigenvalue weighted by atomic mass is 28.3. The molecule has 1 N–H and O–H groups in total. The van der Waals surface area contributed by atoms with Crippen molar-refractivity contribution in [2.75, 3.05) is 0 Å². The van der Waals surface area contributed by atoms with Gasteiger partial charge in [0.2, 0.25) is 0 Å². The lowest BCUT2D eigenvalue weighted by Gasteiger charge is -2.28. The lowest BCUT2D eigenvalue weighted by atomic mass is 10.1. The Bertz CT molecular complexity index is 211. The second-order valence-corrected chi connectivity index (χ2v) is 10.1. The van der Waals surface area contributed by atoms with Crippen LogP contribution in [0.5, 0.6) is 0 Å². The molecular formula is C11H23NSi. The average molecular weight is 197 g/mol. The summed E-state index contributed by atoms with van der Waals surface area (Å²) in [6.45, 7) is 13.3. The van der Waals surface area contributed by atoms with E-state index in [9.17, 15) is 0 Å². The molecule has 0 aliphatic rings. The van der Waals surface area contributed by atoms with Crippen LogP contribution in [-0.2, 0) is 0 Å². The van der Waals surface area contributed by atoms with E-state index in [0.717, 1.165) is 17.7 Å². The standard InChI is InChI=1S/C11H23NSi/c1-7-9(3)11(12)10(8-2)13(4,5)6/h7,10,12H,8H2,1-6H3. The summed E-state index contributed by atoms with van der Waals surface area (Å²) in [4.78, 5) is 0. The van der Waals surface area contributed by atoms with Gasteiger partial charge in [-0.1, -0.05) is 39.1 Å². The minimum Gasteiger partial charge on any atom is -0.305 e. The van der Waals surface area contributed by atoms with Gasteiger partial charge >= 0.3 is 0 Å². The maximum Gasteiger partial charge on any atom is 0.0541 e. The molecule has 0 bridgehead atoms. The molecule has 0 saturated carbocycles. The van der Waals surface area contributed by atoms with Crippen molar-refractivity contribution in [2.24, 2.45) is 0 Å². The summed E-state index contributed by atoms with van der Waals surface area (Å²) in [5, 5.41) is 8.07.